The second-order valence-corrected chi connectivity index (χ2v) is 10.1. The Labute approximate surface area is 226 Å². The lowest BCUT2D eigenvalue weighted by atomic mass is 9.97. The molecule has 39 heavy (non-hydrogen) atoms. The summed E-state index contributed by atoms with van der Waals surface area (Å²) < 4.78 is 2.41. The number of fused-ring (bicyclic) bond motifs is 1. The quantitative estimate of drug-likeness (QED) is 0.206. The second-order valence-electron chi connectivity index (χ2n) is 10.1. The van der Waals surface area contributed by atoms with Gasteiger partial charge in [-0.15, -0.1) is 0 Å². The van der Waals surface area contributed by atoms with E-state index in [1.807, 2.05) is 48.5 Å². The Morgan fingerprint density at radius 2 is 1.62 bits per heavy atom. The Morgan fingerprint density at radius 1 is 0.923 bits per heavy atom. The molecular formula is C31H30N6O2. The summed E-state index contributed by atoms with van der Waals surface area (Å²) in [6.07, 6.45) is 2.18. The number of aromatic nitrogens is 3. The predicted molar refractivity (Wildman–Crippen MR) is 154 cm³/mol. The molecule has 2 N–H and O–H groups in total. The molecule has 0 radical (unpaired) electrons. The number of pyridine rings is 1. The molecule has 196 valence electrons. The van der Waals surface area contributed by atoms with E-state index in [0.29, 0.717) is 17.3 Å². The molecule has 1 aliphatic heterocycles. The summed E-state index contributed by atoms with van der Waals surface area (Å²) in [7, 11) is 0. The van der Waals surface area contributed by atoms with Crippen molar-refractivity contribution in [2.45, 2.75) is 32.4 Å². The Hall–Kier alpha value is -4.56. The normalized spacial score (nSPS) is 14.6. The number of hydrogen-bond acceptors (Lipinski definition) is 6. The van der Waals surface area contributed by atoms with Crippen molar-refractivity contribution in [1.82, 2.24) is 19.4 Å². The summed E-state index contributed by atoms with van der Waals surface area (Å²) in [5, 5.41) is 11.5. The zero-order chi connectivity index (χ0) is 26.9. The molecule has 3 aromatic carbocycles. The minimum Gasteiger partial charge on any atom is -0.378 e. The summed E-state index contributed by atoms with van der Waals surface area (Å²) in [4.78, 5) is 22.8. The highest BCUT2D eigenvalue weighted by atomic mass is 16.6. The van der Waals surface area contributed by atoms with Gasteiger partial charge in [0.25, 0.3) is 0 Å². The van der Waals surface area contributed by atoms with Gasteiger partial charge in [-0.05, 0) is 43.0 Å². The third-order valence-electron chi connectivity index (χ3n) is 7.64. The first-order valence-electron chi connectivity index (χ1n) is 13.2. The van der Waals surface area contributed by atoms with Gasteiger partial charge in [-0.3, -0.25) is 15.0 Å². The van der Waals surface area contributed by atoms with Crippen molar-refractivity contribution in [2.24, 2.45) is 0 Å². The van der Waals surface area contributed by atoms with Crippen LogP contribution in [0.25, 0.3) is 33.4 Å². The van der Waals surface area contributed by atoms with Gasteiger partial charge in [0.05, 0.1) is 21.7 Å². The molecule has 1 aliphatic rings. The molecule has 5 aromatic rings. The van der Waals surface area contributed by atoms with Gasteiger partial charge in [-0.25, -0.2) is 9.97 Å². The van der Waals surface area contributed by atoms with Crippen LogP contribution in [0.15, 0.2) is 84.9 Å². The average molecular weight is 519 g/mol. The summed E-state index contributed by atoms with van der Waals surface area (Å²) in [6.45, 7) is 5.02. The van der Waals surface area contributed by atoms with E-state index in [1.165, 1.54) is 17.1 Å². The van der Waals surface area contributed by atoms with Crippen molar-refractivity contribution in [3.63, 3.8) is 0 Å². The monoisotopic (exact) mass is 518 g/mol. The Morgan fingerprint density at radius 3 is 2.33 bits per heavy atom. The van der Waals surface area contributed by atoms with E-state index < -0.39 is 4.92 Å². The smallest absolute Gasteiger partial charge is 0.311 e. The summed E-state index contributed by atoms with van der Waals surface area (Å²) in [5.74, 6) is 1.00. The van der Waals surface area contributed by atoms with Crippen molar-refractivity contribution in [2.75, 3.05) is 18.8 Å². The highest BCUT2D eigenvalue weighted by Gasteiger charge is 2.24. The van der Waals surface area contributed by atoms with Crippen molar-refractivity contribution >= 4 is 22.5 Å². The van der Waals surface area contributed by atoms with E-state index in [0.717, 1.165) is 54.9 Å². The highest BCUT2D eigenvalue weighted by molar-refractivity contribution is 5.84. The molecule has 0 unspecified atom stereocenters. The minimum absolute atomic E-state index is 0.0810. The number of anilines is 1. The number of nitrogens with zero attached hydrogens (tertiary/aromatic N) is 5. The largest absolute Gasteiger partial charge is 0.378 e. The molecule has 0 saturated carbocycles. The first-order valence-corrected chi connectivity index (χ1v) is 13.2. The highest BCUT2D eigenvalue weighted by Crippen LogP contribution is 2.36. The number of piperidine rings is 1. The topological polar surface area (TPSA) is 103 Å². The van der Waals surface area contributed by atoms with Gasteiger partial charge in [0.15, 0.2) is 0 Å². The van der Waals surface area contributed by atoms with E-state index in [9.17, 15) is 10.1 Å². The van der Waals surface area contributed by atoms with Crippen molar-refractivity contribution in [1.29, 1.82) is 0 Å². The number of nitro groups is 1. The van der Waals surface area contributed by atoms with E-state index in [-0.39, 0.29) is 11.5 Å². The standard InChI is InChI=1S/C31H30N6O2/c1-21-33-27-9-5-6-10-28(27)36(21)25-15-17-35(18-16-25)20-22-11-13-24(14-12-22)30-26(23-7-3-2-4-8-23)19-29(37(38)39)31(32)34-30/h2-14,19,25H,15-18,20H2,1H3,(H2,32,34). The van der Waals surface area contributed by atoms with E-state index in [2.05, 4.69) is 51.7 Å². The number of likely N-dealkylation sites (tertiary alicyclic amines) is 1. The Bertz CT molecular complexity index is 1640. The van der Waals surface area contributed by atoms with E-state index in [4.69, 9.17) is 10.7 Å². The average Bonchev–Trinajstić information content (AvgIpc) is 3.29. The van der Waals surface area contributed by atoms with Gasteiger partial charge >= 0.3 is 5.69 Å². The Kier molecular flexibility index (Phi) is 6.54. The van der Waals surface area contributed by atoms with Crippen LogP contribution in [-0.4, -0.2) is 37.4 Å². The van der Waals surface area contributed by atoms with Crippen LogP contribution in [-0.2, 0) is 6.54 Å². The fraction of sp³-hybridized carbons (Fsp3) is 0.226. The molecule has 3 heterocycles. The molecular weight excluding hydrogens is 488 g/mol. The molecule has 0 bridgehead atoms. The first kappa shape index (κ1) is 24.8. The fourth-order valence-corrected chi connectivity index (χ4v) is 5.71. The molecule has 0 aliphatic carbocycles. The maximum Gasteiger partial charge on any atom is 0.311 e. The molecule has 1 saturated heterocycles. The molecule has 8 nitrogen and oxygen atoms in total. The van der Waals surface area contributed by atoms with Crippen molar-refractivity contribution in [3.8, 4) is 22.4 Å². The third-order valence-corrected chi connectivity index (χ3v) is 7.64. The molecule has 8 heteroatoms. The van der Waals surface area contributed by atoms with Crippen molar-refractivity contribution in [3.05, 3.63) is 106 Å². The number of hydrogen-bond donors (Lipinski definition) is 1. The zero-order valence-electron chi connectivity index (χ0n) is 21.8. The lowest BCUT2D eigenvalue weighted by Gasteiger charge is -2.33. The number of aryl methyl sites for hydroxylation is 1. The SMILES string of the molecule is Cc1nc2ccccc2n1C1CCN(Cc2ccc(-c3nc(N)c([N+](=O)[O-])cc3-c3ccccc3)cc2)CC1. The van der Waals surface area contributed by atoms with Crippen LogP contribution in [0.4, 0.5) is 11.5 Å². The summed E-state index contributed by atoms with van der Waals surface area (Å²) in [5.41, 5.74) is 12.4. The van der Waals surface area contributed by atoms with Crippen LogP contribution >= 0.6 is 0 Å². The number of para-hydroxylation sites is 2. The zero-order valence-corrected chi connectivity index (χ0v) is 21.8. The summed E-state index contributed by atoms with van der Waals surface area (Å²) in [6, 6.07) is 28.2. The number of rotatable bonds is 6. The van der Waals surface area contributed by atoms with Crippen LogP contribution < -0.4 is 5.73 Å². The van der Waals surface area contributed by atoms with Gasteiger partial charge in [0, 0.05) is 42.9 Å². The van der Waals surface area contributed by atoms with Crippen LogP contribution in [0.2, 0.25) is 0 Å². The van der Waals surface area contributed by atoms with Gasteiger partial charge in [-0.2, -0.15) is 0 Å². The van der Waals surface area contributed by atoms with Gasteiger partial charge < -0.3 is 10.3 Å². The maximum atomic E-state index is 11.5. The number of nitrogen functional groups attached to an aromatic ring is 1. The molecule has 6 rings (SSSR count). The summed E-state index contributed by atoms with van der Waals surface area (Å²) >= 11 is 0. The Balaban J connectivity index is 1.18. The molecule has 1 fully saturated rings. The predicted octanol–water partition coefficient (Wildman–Crippen LogP) is 6.40. The van der Waals surface area contributed by atoms with Crippen molar-refractivity contribution < 1.29 is 4.92 Å². The first-order chi connectivity index (χ1) is 19.0. The maximum absolute atomic E-state index is 11.5. The number of benzene rings is 3. The van der Waals surface area contributed by atoms with Gasteiger partial charge in [-0.1, -0.05) is 66.7 Å². The fourth-order valence-electron chi connectivity index (χ4n) is 5.71. The minimum atomic E-state index is -0.485. The molecule has 2 aromatic heterocycles. The molecule has 0 spiro atoms. The second kappa shape index (κ2) is 10.3. The van der Waals surface area contributed by atoms with Crippen LogP contribution in [0, 0.1) is 17.0 Å². The third kappa shape index (κ3) is 4.86. The number of nitrogens with two attached hydrogens (primary N) is 1. The van der Waals surface area contributed by atoms with Crippen LogP contribution in [0.1, 0.15) is 30.3 Å². The van der Waals surface area contributed by atoms with Crippen LogP contribution in [0.5, 0.6) is 0 Å². The number of imidazole rings is 1. The van der Waals surface area contributed by atoms with E-state index in [1.54, 1.807) is 0 Å². The van der Waals surface area contributed by atoms with E-state index >= 15 is 0 Å². The van der Waals surface area contributed by atoms with Crippen LogP contribution in [0.3, 0.4) is 0 Å². The lowest BCUT2D eigenvalue weighted by Crippen LogP contribution is -2.34. The lowest BCUT2D eigenvalue weighted by molar-refractivity contribution is -0.384. The van der Waals surface area contributed by atoms with Gasteiger partial charge in [0.2, 0.25) is 5.82 Å². The molecule has 0 amide bonds. The molecule has 0 atom stereocenters. The van der Waals surface area contributed by atoms with Gasteiger partial charge in [0.1, 0.15) is 5.82 Å².